The second-order valence-electron chi connectivity index (χ2n) is 5.85. The monoisotopic (exact) mass is 330 g/mol. The van der Waals surface area contributed by atoms with Crippen LogP contribution in [0.5, 0.6) is 0 Å². The lowest BCUT2D eigenvalue weighted by Gasteiger charge is -2.16. The van der Waals surface area contributed by atoms with Crippen LogP contribution >= 0.6 is 0 Å². The van der Waals surface area contributed by atoms with E-state index in [0.29, 0.717) is 18.0 Å². The third-order valence-corrected chi connectivity index (χ3v) is 4.09. The van der Waals surface area contributed by atoms with Gasteiger partial charge in [-0.1, -0.05) is 0 Å². The maximum atomic E-state index is 12.3. The molecule has 24 heavy (non-hydrogen) atoms. The largest absolute Gasteiger partial charge is 0.396 e. The highest BCUT2D eigenvalue weighted by Gasteiger charge is 2.32. The van der Waals surface area contributed by atoms with Crippen LogP contribution in [0, 0.1) is 16.0 Å². The molecule has 2 aromatic rings. The van der Waals surface area contributed by atoms with Crippen molar-refractivity contribution in [2.24, 2.45) is 5.92 Å². The number of hydrogen-bond acceptors (Lipinski definition) is 5. The average Bonchev–Trinajstić information content (AvgIpc) is 3.30. The van der Waals surface area contributed by atoms with Gasteiger partial charge in [0.25, 0.3) is 11.6 Å². The van der Waals surface area contributed by atoms with E-state index in [2.05, 4.69) is 10.4 Å². The van der Waals surface area contributed by atoms with Gasteiger partial charge in [0.15, 0.2) is 5.69 Å². The summed E-state index contributed by atoms with van der Waals surface area (Å²) < 4.78 is 1.50. The van der Waals surface area contributed by atoms with E-state index < -0.39 is 4.92 Å². The lowest BCUT2D eigenvalue weighted by molar-refractivity contribution is -0.384. The molecule has 1 atom stereocenters. The zero-order valence-corrected chi connectivity index (χ0v) is 13.0. The molecular weight excluding hydrogens is 312 g/mol. The van der Waals surface area contributed by atoms with Crippen molar-refractivity contribution in [3.05, 3.63) is 52.3 Å². The fourth-order valence-corrected chi connectivity index (χ4v) is 2.62. The van der Waals surface area contributed by atoms with Crippen LogP contribution in [0.15, 0.2) is 36.5 Å². The van der Waals surface area contributed by atoms with Crippen molar-refractivity contribution in [2.45, 2.75) is 25.3 Å². The van der Waals surface area contributed by atoms with Gasteiger partial charge in [-0.05, 0) is 43.4 Å². The third kappa shape index (κ3) is 3.60. The number of carbonyl (C=O) groups is 1. The van der Waals surface area contributed by atoms with E-state index in [0.717, 1.165) is 12.8 Å². The molecule has 0 spiro atoms. The van der Waals surface area contributed by atoms with Gasteiger partial charge in [-0.15, -0.1) is 0 Å². The quantitative estimate of drug-likeness (QED) is 0.593. The molecule has 2 N–H and O–H groups in total. The maximum Gasteiger partial charge on any atom is 0.272 e. The van der Waals surface area contributed by atoms with E-state index in [1.807, 2.05) is 0 Å². The summed E-state index contributed by atoms with van der Waals surface area (Å²) in [5.74, 6) is 0.166. The lowest BCUT2D eigenvalue weighted by Crippen LogP contribution is -2.37. The maximum absolute atomic E-state index is 12.3. The Morgan fingerprint density at radius 2 is 2.08 bits per heavy atom. The van der Waals surface area contributed by atoms with Crippen LogP contribution in [0.3, 0.4) is 0 Å². The van der Waals surface area contributed by atoms with E-state index in [4.69, 9.17) is 5.11 Å². The number of amides is 1. The highest BCUT2D eigenvalue weighted by molar-refractivity contribution is 5.92. The summed E-state index contributed by atoms with van der Waals surface area (Å²) in [6.07, 6.45) is 4.32. The number of hydrogen-bond donors (Lipinski definition) is 2. The number of benzene rings is 1. The molecule has 1 fully saturated rings. The number of aliphatic hydroxyl groups is 1. The SMILES string of the molecule is O=C(NC(CCO)C1CC1)c1ccn(-c2ccc([N+](=O)[O-])cc2)n1. The minimum atomic E-state index is -0.467. The minimum Gasteiger partial charge on any atom is -0.396 e. The third-order valence-electron chi connectivity index (χ3n) is 4.09. The summed E-state index contributed by atoms with van der Waals surface area (Å²) >= 11 is 0. The predicted octanol–water partition coefficient (Wildman–Crippen LogP) is 1.67. The molecule has 1 unspecified atom stereocenters. The van der Waals surface area contributed by atoms with Crippen molar-refractivity contribution in [3.63, 3.8) is 0 Å². The van der Waals surface area contributed by atoms with Gasteiger partial charge in [0.2, 0.25) is 0 Å². The normalized spacial score (nSPS) is 15.0. The number of nitro benzene ring substituents is 1. The number of aromatic nitrogens is 2. The molecule has 0 aliphatic heterocycles. The van der Waals surface area contributed by atoms with Crippen LogP contribution < -0.4 is 5.32 Å². The Bertz CT molecular complexity index is 737. The predicted molar refractivity (Wildman–Crippen MR) is 85.9 cm³/mol. The molecule has 1 aromatic carbocycles. The van der Waals surface area contributed by atoms with E-state index in [1.165, 1.54) is 16.8 Å². The van der Waals surface area contributed by atoms with E-state index in [1.54, 1.807) is 24.4 Å². The fraction of sp³-hybridized carbons (Fsp3) is 0.375. The summed E-state index contributed by atoms with van der Waals surface area (Å²) in [6.45, 7) is 0.0404. The molecule has 0 bridgehead atoms. The molecule has 0 saturated heterocycles. The first kappa shape index (κ1) is 16.1. The first-order chi connectivity index (χ1) is 11.6. The van der Waals surface area contributed by atoms with Gasteiger partial charge in [-0.3, -0.25) is 14.9 Å². The number of rotatable bonds is 7. The molecule has 3 rings (SSSR count). The number of nitro groups is 1. The number of nitrogens with zero attached hydrogens (tertiary/aromatic N) is 3. The van der Waals surface area contributed by atoms with Gasteiger partial charge >= 0.3 is 0 Å². The Hall–Kier alpha value is -2.74. The lowest BCUT2D eigenvalue weighted by atomic mass is 10.1. The van der Waals surface area contributed by atoms with Crippen LogP contribution in [0.2, 0.25) is 0 Å². The zero-order chi connectivity index (χ0) is 17.1. The Balaban J connectivity index is 1.70. The fourth-order valence-electron chi connectivity index (χ4n) is 2.62. The molecule has 1 saturated carbocycles. The number of nitrogens with one attached hydrogen (secondary N) is 1. The van der Waals surface area contributed by atoms with E-state index in [-0.39, 0.29) is 29.9 Å². The smallest absolute Gasteiger partial charge is 0.272 e. The molecule has 1 heterocycles. The molecule has 8 heteroatoms. The van der Waals surface area contributed by atoms with Gasteiger partial charge in [-0.25, -0.2) is 4.68 Å². The first-order valence-corrected chi connectivity index (χ1v) is 7.80. The number of carbonyl (C=O) groups excluding carboxylic acids is 1. The summed E-state index contributed by atoms with van der Waals surface area (Å²) in [4.78, 5) is 22.5. The van der Waals surface area contributed by atoms with E-state index in [9.17, 15) is 14.9 Å². The van der Waals surface area contributed by atoms with Gasteiger partial charge < -0.3 is 10.4 Å². The molecule has 1 amide bonds. The van der Waals surface area contributed by atoms with Crippen LogP contribution in [0.4, 0.5) is 5.69 Å². The number of aliphatic hydroxyl groups excluding tert-OH is 1. The molecule has 1 aliphatic rings. The highest BCUT2D eigenvalue weighted by Crippen LogP contribution is 2.34. The Morgan fingerprint density at radius 1 is 1.38 bits per heavy atom. The van der Waals surface area contributed by atoms with E-state index >= 15 is 0 Å². The minimum absolute atomic E-state index is 0.000140. The molecule has 1 aromatic heterocycles. The summed E-state index contributed by atoms with van der Waals surface area (Å²) in [5, 5.41) is 26.9. The zero-order valence-electron chi connectivity index (χ0n) is 13.0. The van der Waals surface area contributed by atoms with Crippen LogP contribution in [-0.2, 0) is 0 Å². The molecule has 126 valence electrons. The van der Waals surface area contributed by atoms with Crippen LogP contribution in [-0.4, -0.2) is 38.4 Å². The molecule has 0 radical (unpaired) electrons. The van der Waals surface area contributed by atoms with Gasteiger partial charge in [0.05, 0.1) is 10.6 Å². The van der Waals surface area contributed by atoms with Gasteiger partial charge in [0.1, 0.15) is 0 Å². The Labute approximate surface area is 138 Å². The second kappa shape index (κ2) is 6.79. The molecule has 1 aliphatic carbocycles. The van der Waals surface area contributed by atoms with Crippen molar-refractivity contribution < 1.29 is 14.8 Å². The van der Waals surface area contributed by atoms with Crippen molar-refractivity contribution in [3.8, 4) is 5.69 Å². The topological polar surface area (TPSA) is 110 Å². The summed E-state index contributed by atoms with van der Waals surface area (Å²) in [7, 11) is 0. The van der Waals surface area contributed by atoms with Crippen molar-refractivity contribution in [1.82, 2.24) is 15.1 Å². The van der Waals surface area contributed by atoms with Crippen molar-refractivity contribution in [2.75, 3.05) is 6.61 Å². The first-order valence-electron chi connectivity index (χ1n) is 7.80. The summed E-state index contributed by atoms with van der Waals surface area (Å²) in [5.41, 5.74) is 0.908. The van der Waals surface area contributed by atoms with Gasteiger partial charge in [0, 0.05) is 31.0 Å². The second-order valence-corrected chi connectivity index (χ2v) is 5.85. The summed E-state index contributed by atoms with van der Waals surface area (Å²) in [6, 6.07) is 7.51. The average molecular weight is 330 g/mol. The van der Waals surface area contributed by atoms with Crippen LogP contribution in [0.1, 0.15) is 29.8 Å². The molecular formula is C16H18N4O4. The van der Waals surface area contributed by atoms with Gasteiger partial charge in [-0.2, -0.15) is 5.10 Å². The standard InChI is InChI=1S/C16H18N4O4/c21-10-8-14(11-1-2-11)17-16(22)15-7-9-19(18-15)12-3-5-13(6-4-12)20(23)24/h3-7,9,11,14,21H,1-2,8,10H2,(H,17,22). The van der Waals surface area contributed by atoms with Crippen molar-refractivity contribution in [1.29, 1.82) is 0 Å². The van der Waals surface area contributed by atoms with Crippen molar-refractivity contribution >= 4 is 11.6 Å². The molecule has 8 nitrogen and oxygen atoms in total. The van der Waals surface area contributed by atoms with Crippen LogP contribution in [0.25, 0.3) is 5.69 Å². The Kier molecular flexibility index (Phi) is 4.57. The highest BCUT2D eigenvalue weighted by atomic mass is 16.6. The Morgan fingerprint density at radius 3 is 2.67 bits per heavy atom. The number of non-ortho nitro benzene ring substituents is 1.